The van der Waals surface area contributed by atoms with Crippen molar-refractivity contribution in [2.75, 3.05) is 57.1 Å². The van der Waals surface area contributed by atoms with Crippen LogP contribution in [0.25, 0.3) is 11.1 Å². The number of nitrogens with one attached hydrogen (secondary N) is 2. The van der Waals surface area contributed by atoms with Crippen LogP contribution in [0.2, 0.25) is 0 Å². The summed E-state index contributed by atoms with van der Waals surface area (Å²) in [5.41, 5.74) is 6.53. The Kier molecular flexibility index (Phi) is 12.2. The first-order valence-corrected chi connectivity index (χ1v) is 19.6. The van der Waals surface area contributed by atoms with E-state index in [-0.39, 0.29) is 42.8 Å². The highest BCUT2D eigenvalue weighted by Crippen LogP contribution is 2.36. The van der Waals surface area contributed by atoms with Crippen LogP contribution in [0.1, 0.15) is 63.1 Å². The van der Waals surface area contributed by atoms with Gasteiger partial charge in [-0.25, -0.2) is 0 Å². The number of nitrogens with zero attached hydrogens (tertiary/aromatic N) is 3. The van der Waals surface area contributed by atoms with Gasteiger partial charge in [-0.2, -0.15) is 0 Å². The van der Waals surface area contributed by atoms with Crippen LogP contribution in [0.15, 0.2) is 103 Å². The van der Waals surface area contributed by atoms with Crippen LogP contribution in [0, 0.1) is 0 Å². The van der Waals surface area contributed by atoms with Gasteiger partial charge in [-0.1, -0.05) is 78.9 Å². The van der Waals surface area contributed by atoms with Gasteiger partial charge in [-0.05, 0) is 64.9 Å². The third-order valence-electron chi connectivity index (χ3n) is 10.5. The van der Waals surface area contributed by atoms with Crippen molar-refractivity contribution in [3.05, 3.63) is 131 Å². The third-order valence-corrected chi connectivity index (χ3v) is 10.7. The first-order chi connectivity index (χ1) is 27.3. The van der Waals surface area contributed by atoms with Gasteiger partial charge in [-0.15, -0.1) is 11.6 Å². The molecule has 2 fully saturated rings. The van der Waals surface area contributed by atoms with Crippen molar-refractivity contribution >= 4 is 58.0 Å². The van der Waals surface area contributed by atoms with E-state index in [9.17, 15) is 24.0 Å². The van der Waals surface area contributed by atoms with Crippen molar-refractivity contribution in [3.8, 4) is 5.75 Å². The van der Waals surface area contributed by atoms with E-state index in [1.807, 2.05) is 29.2 Å². The Hall–Kier alpha value is -5.78. The third kappa shape index (κ3) is 8.54. The topological polar surface area (TPSA) is 128 Å². The molecule has 12 heteroatoms. The Labute approximate surface area is 331 Å². The standard InChI is InChI=1S/C44H44ClN5O6/c45-22-20-34(30-8-3-1-4-9-30)40(31-10-5-2-6-11-31)32-14-16-33(17-15-32)56-29-28-48-24-26-49(27-25-48)39(52)21-23-46-36-13-7-12-35-41(36)44(55)50(43(35)54)37-18-19-38(51)47-42(37)53/h1-17,37,46H,18-29H2,(H,47,51,53). The molecule has 288 valence electrons. The Morgan fingerprint density at radius 2 is 1.45 bits per heavy atom. The number of allylic oxidation sites excluding steroid dienone is 1. The number of ether oxygens (including phenoxy) is 1. The van der Waals surface area contributed by atoms with E-state index in [0.29, 0.717) is 31.3 Å². The van der Waals surface area contributed by atoms with Crippen LogP contribution in [-0.4, -0.2) is 102 Å². The molecule has 2 saturated heterocycles. The molecule has 7 rings (SSSR count). The second kappa shape index (κ2) is 17.8. The summed E-state index contributed by atoms with van der Waals surface area (Å²) >= 11 is 6.31. The van der Waals surface area contributed by atoms with Gasteiger partial charge in [0.25, 0.3) is 11.8 Å². The number of fused-ring (bicyclic) bond motifs is 1. The van der Waals surface area contributed by atoms with E-state index >= 15 is 0 Å². The molecule has 0 bridgehead atoms. The Balaban J connectivity index is 0.880. The predicted molar refractivity (Wildman–Crippen MR) is 215 cm³/mol. The smallest absolute Gasteiger partial charge is 0.264 e. The average molecular weight is 774 g/mol. The lowest BCUT2D eigenvalue weighted by Gasteiger charge is -2.34. The van der Waals surface area contributed by atoms with E-state index in [4.69, 9.17) is 16.3 Å². The van der Waals surface area contributed by atoms with Crippen molar-refractivity contribution in [2.24, 2.45) is 0 Å². The van der Waals surface area contributed by atoms with E-state index in [2.05, 4.69) is 76.2 Å². The quantitative estimate of drug-likeness (QED) is 0.0950. The fourth-order valence-electron chi connectivity index (χ4n) is 7.62. The first kappa shape index (κ1) is 38.5. The largest absolute Gasteiger partial charge is 0.492 e. The molecule has 5 amide bonds. The molecule has 3 aliphatic heterocycles. The highest BCUT2D eigenvalue weighted by atomic mass is 35.5. The first-order valence-electron chi connectivity index (χ1n) is 19.0. The monoisotopic (exact) mass is 773 g/mol. The van der Waals surface area contributed by atoms with Gasteiger partial charge >= 0.3 is 0 Å². The number of hydrogen-bond donors (Lipinski definition) is 2. The molecule has 0 saturated carbocycles. The van der Waals surface area contributed by atoms with Crippen molar-refractivity contribution < 1.29 is 28.7 Å². The van der Waals surface area contributed by atoms with Gasteiger partial charge in [0.1, 0.15) is 18.4 Å². The molecular formula is C44H44ClN5O6. The summed E-state index contributed by atoms with van der Waals surface area (Å²) in [4.78, 5) is 68.7. The zero-order chi connectivity index (χ0) is 39.0. The molecule has 3 aliphatic rings. The van der Waals surface area contributed by atoms with Crippen LogP contribution < -0.4 is 15.4 Å². The number of carbonyl (C=O) groups excluding carboxylic acids is 5. The molecule has 2 N–H and O–H groups in total. The van der Waals surface area contributed by atoms with Gasteiger partial charge in [0.05, 0.1) is 11.1 Å². The van der Waals surface area contributed by atoms with Gasteiger partial charge in [0, 0.05) is 63.7 Å². The summed E-state index contributed by atoms with van der Waals surface area (Å²) in [5, 5.41) is 5.37. The molecule has 11 nitrogen and oxygen atoms in total. The molecule has 0 spiro atoms. The zero-order valence-electron chi connectivity index (χ0n) is 31.0. The van der Waals surface area contributed by atoms with Crippen molar-refractivity contribution in [3.63, 3.8) is 0 Å². The number of anilines is 1. The van der Waals surface area contributed by atoms with Gasteiger partial charge < -0.3 is 15.0 Å². The molecule has 0 radical (unpaired) electrons. The van der Waals surface area contributed by atoms with Crippen LogP contribution >= 0.6 is 11.6 Å². The molecule has 4 aromatic rings. The van der Waals surface area contributed by atoms with Gasteiger partial charge in [0.15, 0.2) is 0 Å². The summed E-state index contributed by atoms with van der Waals surface area (Å²) in [7, 11) is 0. The lowest BCUT2D eigenvalue weighted by atomic mass is 9.88. The van der Waals surface area contributed by atoms with Crippen molar-refractivity contribution in [2.45, 2.75) is 31.7 Å². The maximum absolute atomic E-state index is 13.4. The molecule has 4 aromatic carbocycles. The van der Waals surface area contributed by atoms with E-state index in [0.717, 1.165) is 59.0 Å². The number of hydrogen-bond acceptors (Lipinski definition) is 8. The number of rotatable bonds is 14. The minimum absolute atomic E-state index is 0.000898. The van der Waals surface area contributed by atoms with E-state index < -0.39 is 29.7 Å². The highest BCUT2D eigenvalue weighted by molar-refractivity contribution is 6.25. The number of carbonyl (C=O) groups is 5. The number of imide groups is 2. The van der Waals surface area contributed by atoms with E-state index in [1.54, 1.807) is 18.2 Å². The van der Waals surface area contributed by atoms with Crippen molar-refractivity contribution in [1.82, 2.24) is 20.0 Å². The van der Waals surface area contributed by atoms with Crippen molar-refractivity contribution in [1.29, 1.82) is 0 Å². The molecule has 0 aromatic heterocycles. The summed E-state index contributed by atoms with van der Waals surface area (Å²) in [6, 6.07) is 32.8. The summed E-state index contributed by atoms with van der Waals surface area (Å²) in [5.74, 6) is -0.931. The zero-order valence-corrected chi connectivity index (χ0v) is 31.8. The summed E-state index contributed by atoms with van der Waals surface area (Å²) in [6.45, 7) is 4.18. The minimum atomic E-state index is -1.04. The van der Waals surface area contributed by atoms with Gasteiger partial charge in [0.2, 0.25) is 17.7 Å². The second-order valence-electron chi connectivity index (χ2n) is 14.0. The fourth-order valence-corrected chi connectivity index (χ4v) is 7.81. The molecule has 1 unspecified atom stereocenters. The summed E-state index contributed by atoms with van der Waals surface area (Å²) in [6.07, 6.45) is 1.08. The average Bonchev–Trinajstić information content (AvgIpc) is 3.48. The minimum Gasteiger partial charge on any atom is -0.492 e. The Morgan fingerprint density at radius 3 is 2.12 bits per heavy atom. The molecule has 0 aliphatic carbocycles. The number of amides is 5. The SMILES string of the molecule is O=C1CCC(N2C(=O)c3cccc(NCCC(=O)N4CCN(CCOc5ccc(C(=C(CCCl)c6ccccc6)c6ccccc6)cc5)CC4)c3C2=O)C(=O)N1. The van der Waals surface area contributed by atoms with Crippen LogP contribution in [0.5, 0.6) is 5.75 Å². The molecule has 56 heavy (non-hydrogen) atoms. The number of benzene rings is 4. The lowest BCUT2D eigenvalue weighted by Crippen LogP contribution is -2.54. The Morgan fingerprint density at radius 1 is 0.768 bits per heavy atom. The fraction of sp³-hybridized carbons (Fsp3) is 0.295. The molecule has 3 heterocycles. The normalized spacial score (nSPS) is 17.7. The number of piperidine rings is 1. The van der Waals surface area contributed by atoms with Gasteiger partial charge in [-0.3, -0.25) is 39.1 Å². The summed E-state index contributed by atoms with van der Waals surface area (Å²) < 4.78 is 6.16. The number of alkyl halides is 1. The molecule has 1 atom stereocenters. The lowest BCUT2D eigenvalue weighted by molar-refractivity contribution is -0.136. The van der Waals surface area contributed by atoms with Crippen LogP contribution in [0.3, 0.4) is 0 Å². The maximum atomic E-state index is 13.4. The second-order valence-corrected chi connectivity index (χ2v) is 14.3. The maximum Gasteiger partial charge on any atom is 0.264 e. The number of piperazine rings is 1. The van der Waals surface area contributed by atoms with Crippen LogP contribution in [-0.2, 0) is 14.4 Å². The predicted octanol–water partition coefficient (Wildman–Crippen LogP) is 5.70. The van der Waals surface area contributed by atoms with E-state index in [1.165, 1.54) is 5.57 Å². The Bertz CT molecular complexity index is 2120. The highest BCUT2D eigenvalue weighted by Gasteiger charge is 2.45. The van der Waals surface area contributed by atoms with Crippen LogP contribution in [0.4, 0.5) is 5.69 Å². The number of halogens is 1. The molecular weight excluding hydrogens is 730 g/mol.